The number of pyridine rings is 1. The Hall–Kier alpha value is -3.00. The molecule has 2 heterocycles. The van der Waals surface area contributed by atoms with E-state index in [4.69, 9.17) is 14.2 Å². The van der Waals surface area contributed by atoms with Crippen LogP contribution in [0.25, 0.3) is 10.9 Å². The largest absolute Gasteiger partial charge is 0.466 e. The lowest BCUT2D eigenvalue weighted by molar-refractivity contribution is -0.140. The minimum atomic E-state index is -0.684. The number of fused-ring (bicyclic) bond motifs is 1. The number of anilines is 1. The van der Waals surface area contributed by atoms with Crippen molar-refractivity contribution in [2.24, 2.45) is 0 Å². The van der Waals surface area contributed by atoms with Gasteiger partial charge in [0.1, 0.15) is 18.2 Å². The van der Waals surface area contributed by atoms with Crippen LogP contribution >= 0.6 is 0 Å². The number of rotatable bonds is 3. The molecule has 0 atom stereocenters. The molecule has 1 aromatic heterocycles. The van der Waals surface area contributed by atoms with Gasteiger partial charge >= 0.3 is 11.9 Å². The van der Waals surface area contributed by atoms with Gasteiger partial charge in [-0.1, -0.05) is 6.07 Å². The molecule has 8 heteroatoms. The zero-order chi connectivity index (χ0) is 18.0. The standard InChI is InChI=1S/C17H15FN2O5/c1-23-16(21)13-8-25-9-20(15(13)17(22)24-2)12-4-3-10-5-11(18)7-19-14(10)6-12/h3-7H,8-9H2,1-2H3. The van der Waals surface area contributed by atoms with Crippen molar-refractivity contribution < 1.29 is 28.2 Å². The fourth-order valence-corrected chi connectivity index (χ4v) is 2.60. The third-order valence-electron chi connectivity index (χ3n) is 3.78. The van der Waals surface area contributed by atoms with Crippen LogP contribution in [0.15, 0.2) is 41.7 Å². The van der Waals surface area contributed by atoms with Crippen LogP contribution in [-0.2, 0) is 23.8 Å². The first-order chi connectivity index (χ1) is 12.0. The van der Waals surface area contributed by atoms with E-state index in [1.807, 2.05) is 0 Å². The number of carbonyl (C=O) groups is 2. The van der Waals surface area contributed by atoms with E-state index >= 15 is 0 Å². The Morgan fingerprint density at radius 2 is 1.96 bits per heavy atom. The number of esters is 2. The smallest absolute Gasteiger partial charge is 0.355 e. The van der Waals surface area contributed by atoms with Gasteiger partial charge in [-0.3, -0.25) is 4.98 Å². The second kappa shape index (κ2) is 6.86. The van der Waals surface area contributed by atoms with Crippen LogP contribution in [0.1, 0.15) is 0 Å². The highest BCUT2D eigenvalue weighted by Gasteiger charge is 2.32. The van der Waals surface area contributed by atoms with Crippen molar-refractivity contribution in [2.45, 2.75) is 0 Å². The molecule has 0 bridgehead atoms. The Bertz CT molecular complexity index is 880. The molecule has 3 rings (SSSR count). The highest BCUT2D eigenvalue weighted by molar-refractivity contribution is 6.03. The van der Waals surface area contributed by atoms with Gasteiger partial charge in [-0.05, 0) is 18.2 Å². The molecule has 1 aliphatic heterocycles. The number of ether oxygens (including phenoxy) is 3. The van der Waals surface area contributed by atoms with Crippen molar-refractivity contribution in [1.29, 1.82) is 0 Å². The van der Waals surface area contributed by atoms with Gasteiger partial charge in [0.25, 0.3) is 0 Å². The van der Waals surface area contributed by atoms with Crippen LogP contribution in [-0.4, -0.2) is 44.5 Å². The molecule has 130 valence electrons. The molecule has 0 spiro atoms. The summed E-state index contributed by atoms with van der Waals surface area (Å²) in [5.74, 6) is -1.80. The lowest BCUT2D eigenvalue weighted by Gasteiger charge is -2.31. The molecule has 1 aromatic carbocycles. The number of methoxy groups -OCH3 is 2. The molecule has 0 amide bonds. The lowest BCUT2D eigenvalue weighted by Crippen LogP contribution is -2.38. The van der Waals surface area contributed by atoms with E-state index in [1.165, 1.54) is 25.2 Å². The van der Waals surface area contributed by atoms with Crippen molar-refractivity contribution >= 4 is 28.5 Å². The molecule has 0 fully saturated rings. The minimum Gasteiger partial charge on any atom is -0.466 e. The molecule has 0 unspecified atom stereocenters. The van der Waals surface area contributed by atoms with Gasteiger partial charge in [-0.25, -0.2) is 14.0 Å². The average Bonchev–Trinajstić information content (AvgIpc) is 2.65. The lowest BCUT2D eigenvalue weighted by atomic mass is 10.1. The number of benzene rings is 1. The van der Waals surface area contributed by atoms with Gasteiger partial charge in [0.05, 0.1) is 38.1 Å². The monoisotopic (exact) mass is 346 g/mol. The Balaban J connectivity index is 2.11. The Morgan fingerprint density at radius 1 is 1.20 bits per heavy atom. The van der Waals surface area contributed by atoms with Crippen molar-refractivity contribution in [3.05, 3.63) is 47.5 Å². The van der Waals surface area contributed by atoms with Crippen LogP contribution in [0, 0.1) is 5.82 Å². The molecule has 0 N–H and O–H groups in total. The highest BCUT2D eigenvalue weighted by Crippen LogP contribution is 2.29. The molecule has 1 aliphatic rings. The fraction of sp³-hybridized carbons (Fsp3) is 0.235. The number of carbonyl (C=O) groups excluding carboxylic acids is 2. The predicted octanol–water partition coefficient (Wildman–Crippen LogP) is 1.77. The van der Waals surface area contributed by atoms with E-state index in [1.54, 1.807) is 18.2 Å². The normalized spacial score (nSPS) is 14.6. The van der Waals surface area contributed by atoms with Crippen molar-refractivity contribution in [1.82, 2.24) is 4.98 Å². The fourth-order valence-electron chi connectivity index (χ4n) is 2.60. The number of hydrogen-bond donors (Lipinski definition) is 0. The second-order valence-corrected chi connectivity index (χ2v) is 5.25. The minimum absolute atomic E-state index is 0.0393. The number of nitrogens with zero attached hydrogens (tertiary/aromatic N) is 2. The van der Waals surface area contributed by atoms with Crippen molar-refractivity contribution in [2.75, 3.05) is 32.5 Å². The third-order valence-corrected chi connectivity index (χ3v) is 3.78. The van der Waals surface area contributed by atoms with Crippen LogP contribution in [0.2, 0.25) is 0 Å². The SMILES string of the molecule is COC(=O)C1=C(C(=O)OC)N(c2ccc3cc(F)cnc3c2)COC1. The summed E-state index contributed by atoms with van der Waals surface area (Å²) in [5.41, 5.74) is 1.19. The van der Waals surface area contributed by atoms with E-state index < -0.39 is 17.8 Å². The number of aromatic nitrogens is 1. The molecule has 0 saturated carbocycles. The molecule has 0 radical (unpaired) electrons. The predicted molar refractivity (Wildman–Crippen MR) is 86.1 cm³/mol. The molecule has 7 nitrogen and oxygen atoms in total. The van der Waals surface area contributed by atoms with E-state index in [2.05, 4.69) is 4.98 Å². The van der Waals surface area contributed by atoms with Gasteiger partial charge in [0.15, 0.2) is 0 Å². The summed E-state index contributed by atoms with van der Waals surface area (Å²) in [5, 5.41) is 0.610. The van der Waals surface area contributed by atoms with Crippen LogP contribution in [0.4, 0.5) is 10.1 Å². The highest BCUT2D eigenvalue weighted by atomic mass is 19.1. The zero-order valence-electron chi connectivity index (χ0n) is 13.6. The molecule has 2 aromatic rings. The Morgan fingerprint density at radius 3 is 2.68 bits per heavy atom. The molecule has 0 aliphatic carbocycles. The van der Waals surface area contributed by atoms with E-state index in [0.29, 0.717) is 16.6 Å². The van der Waals surface area contributed by atoms with Gasteiger partial charge in [-0.15, -0.1) is 0 Å². The van der Waals surface area contributed by atoms with Crippen molar-refractivity contribution in [3.63, 3.8) is 0 Å². The third kappa shape index (κ3) is 3.16. The van der Waals surface area contributed by atoms with E-state index in [9.17, 15) is 14.0 Å². The van der Waals surface area contributed by atoms with E-state index in [-0.39, 0.29) is 24.6 Å². The number of halogens is 1. The summed E-state index contributed by atoms with van der Waals surface area (Å²) in [4.78, 5) is 29.7. The van der Waals surface area contributed by atoms with Crippen LogP contribution in [0.3, 0.4) is 0 Å². The first kappa shape index (κ1) is 16.8. The maximum Gasteiger partial charge on any atom is 0.355 e. The van der Waals surface area contributed by atoms with Gasteiger partial charge in [0.2, 0.25) is 0 Å². The zero-order valence-corrected chi connectivity index (χ0v) is 13.6. The first-order valence-electron chi connectivity index (χ1n) is 7.35. The maximum atomic E-state index is 13.3. The summed E-state index contributed by atoms with van der Waals surface area (Å²) in [6.45, 7) is -0.0255. The van der Waals surface area contributed by atoms with Crippen molar-refractivity contribution in [3.8, 4) is 0 Å². The Kier molecular flexibility index (Phi) is 4.62. The Labute approximate surface area is 142 Å². The van der Waals surface area contributed by atoms with Gasteiger partial charge < -0.3 is 19.1 Å². The van der Waals surface area contributed by atoms with Crippen LogP contribution in [0.5, 0.6) is 0 Å². The topological polar surface area (TPSA) is 78.0 Å². The maximum absolute atomic E-state index is 13.3. The average molecular weight is 346 g/mol. The summed E-state index contributed by atoms with van der Waals surface area (Å²) >= 11 is 0. The van der Waals surface area contributed by atoms with Crippen LogP contribution < -0.4 is 4.90 Å². The molecular weight excluding hydrogens is 331 g/mol. The first-order valence-corrected chi connectivity index (χ1v) is 7.35. The van der Waals surface area contributed by atoms with Gasteiger partial charge in [0, 0.05) is 11.1 Å². The molecular formula is C17H15FN2O5. The van der Waals surface area contributed by atoms with E-state index in [0.717, 1.165) is 6.20 Å². The summed E-state index contributed by atoms with van der Waals surface area (Å²) < 4.78 is 28.2. The summed E-state index contributed by atoms with van der Waals surface area (Å²) in [6.07, 6.45) is 1.11. The molecule has 25 heavy (non-hydrogen) atoms. The summed E-state index contributed by atoms with van der Waals surface area (Å²) in [7, 11) is 2.44. The quantitative estimate of drug-likeness (QED) is 0.784. The van der Waals surface area contributed by atoms with Gasteiger partial charge in [-0.2, -0.15) is 0 Å². The summed E-state index contributed by atoms with van der Waals surface area (Å²) in [6, 6.07) is 6.37. The molecule has 0 saturated heterocycles. The number of hydrogen-bond acceptors (Lipinski definition) is 7. The second-order valence-electron chi connectivity index (χ2n) is 5.25.